The zero-order chi connectivity index (χ0) is 16.9. The van der Waals surface area contributed by atoms with Crippen LogP contribution in [0.5, 0.6) is 0 Å². The quantitative estimate of drug-likeness (QED) is 0.422. The summed E-state index contributed by atoms with van der Waals surface area (Å²) >= 11 is 0. The van der Waals surface area contributed by atoms with Crippen LogP contribution < -0.4 is 0 Å². The number of hydrogen-bond acceptors (Lipinski definition) is 1. The first-order valence-corrected chi connectivity index (χ1v) is 9.17. The molecule has 1 N–H and O–H groups in total. The Hall–Kier alpha value is -1.57. The summed E-state index contributed by atoms with van der Waals surface area (Å²) in [4.78, 5) is 11.3. The van der Waals surface area contributed by atoms with E-state index in [4.69, 9.17) is 0 Å². The molecule has 128 valence electrons. The summed E-state index contributed by atoms with van der Waals surface area (Å²) in [7, 11) is 0. The minimum Gasteiger partial charge on any atom is -0.478 e. The topological polar surface area (TPSA) is 37.3 Å². The molecular formula is C21H32O2. The van der Waals surface area contributed by atoms with E-state index in [9.17, 15) is 9.90 Å². The van der Waals surface area contributed by atoms with Gasteiger partial charge in [0, 0.05) is 0 Å². The second-order valence-electron chi connectivity index (χ2n) is 6.36. The fraction of sp³-hybridized carbons (Fsp3) is 0.571. The van der Waals surface area contributed by atoms with Crippen LogP contribution in [0.15, 0.2) is 24.8 Å². The molecule has 23 heavy (non-hydrogen) atoms. The van der Waals surface area contributed by atoms with Crippen LogP contribution in [0, 0.1) is 0 Å². The average Bonchev–Trinajstić information content (AvgIpc) is 2.56. The van der Waals surface area contributed by atoms with E-state index >= 15 is 0 Å². The van der Waals surface area contributed by atoms with E-state index in [-0.39, 0.29) is 0 Å². The number of carboxylic acids is 1. The summed E-state index contributed by atoms with van der Waals surface area (Å²) in [6, 6.07) is 5.48. The molecule has 0 atom stereocenters. The monoisotopic (exact) mass is 316 g/mol. The molecule has 0 saturated heterocycles. The van der Waals surface area contributed by atoms with Crippen LogP contribution in [0.1, 0.15) is 92.6 Å². The minimum absolute atomic E-state index is 0.437. The van der Waals surface area contributed by atoms with Gasteiger partial charge in [0.15, 0.2) is 0 Å². The molecule has 0 radical (unpaired) electrons. The second kappa shape index (κ2) is 11.9. The van der Waals surface area contributed by atoms with Gasteiger partial charge < -0.3 is 5.11 Å². The lowest BCUT2D eigenvalue weighted by molar-refractivity contribution is 0.0695. The summed E-state index contributed by atoms with van der Waals surface area (Å²) in [6.07, 6.45) is 15.6. The van der Waals surface area contributed by atoms with Crippen LogP contribution >= 0.6 is 0 Å². The molecule has 0 aliphatic rings. The molecule has 0 bridgehead atoms. The molecule has 0 unspecified atom stereocenters. The second-order valence-corrected chi connectivity index (χ2v) is 6.36. The average molecular weight is 316 g/mol. The molecule has 2 nitrogen and oxygen atoms in total. The third kappa shape index (κ3) is 8.01. The van der Waals surface area contributed by atoms with Crippen molar-refractivity contribution in [1.82, 2.24) is 0 Å². The number of carbonyl (C=O) groups is 1. The Labute approximate surface area is 141 Å². The molecule has 0 aliphatic carbocycles. The highest BCUT2D eigenvalue weighted by molar-refractivity contribution is 5.89. The Morgan fingerprint density at radius 1 is 1.00 bits per heavy atom. The van der Waals surface area contributed by atoms with Gasteiger partial charge in [-0.25, -0.2) is 4.79 Å². The maximum absolute atomic E-state index is 11.3. The fourth-order valence-electron chi connectivity index (χ4n) is 2.96. The van der Waals surface area contributed by atoms with Crippen molar-refractivity contribution in [2.75, 3.05) is 0 Å². The number of aryl methyl sites for hydroxylation is 1. The van der Waals surface area contributed by atoms with E-state index in [1.54, 1.807) is 12.1 Å². The van der Waals surface area contributed by atoms with Gasteiger partial charge in [-0.15, -0.1) is 0 Å². The van der Waals surface area contributed by atoms with Gasteiger partial charge in [0.05, 0.1) is 5.56 Å². The number of benzene rings is 1. The van der Waals surface area contributed by atoms with E-state index in [2.05, 4.69) is 13.5 Å². The zero-order valence-corrected chi connectivity index (χ0v) is 14.7. The lowest BCUT2D eigenvalue weighted by Crippen LogP contribution is -2.03. The molecule has 0 saturated carbocycles. The smallest absolute Gasteiger partial charge is 0.335 e. The Morgan fingerprint density at radius 3 is 2.09 bits per heavy atom. The van der Waals surface area contributed by atoms with Gasteiger partial charge in [0.25, 0.3) is 0 Å². The number of rotatable bonds is 13. The van der Waals surface area contributed by atoms with Crippen molar-refractivity contribution in [2.45, 2.75) is 77.6 Å². The highest BCUT2D eigenvalue weighted by Gasteiger charge is 2.09. The van der Waals surface area contributed by atoms with Crippen molar-refractivity contribution in [3.8, 4) is 0 Å². The van der Waals surface area contributed by atoms with Gasteiger partial charge in [-0.3, -0.25) is 0 Å². The maximum Gasteiger partial charge on any atom is 0.335 e. The first kappa shape index (κ1) is 19.5. The van der Waals surface area contributed by atoms with Crippen molar-refractivity contribution < 1.29 is 9.90 Å². The largest absolute Gasteiger partial charge is 0.478 e. The molecule has 0 spiro atoms. The van der Waals surface area contributed by atoms with Gasteiger partial charge in [-0.2, -0.15) is 0 Å². The molecule has 1 rings (SSSR count). The molecule has 0 aromatic heterocycles. The normalized spacial score (nSPS) is 10.7. The van der Waals surface area contributed by atoms with Crippen LogP contribution in [0.4, 0.5) is 0 Å². The molecule has 0 amide bonds. The van der Waals surface area contributed by atoms with Gasteiger partial charge in [-0.05, 0) is 30.0 Å². The predicted octanol–water partition coefficient (Wildman–Crippen LogP) is 6.49. The van der Waals surface area contributed by atoms with Gasteiger partial charge in [0.2, 0.25) is 0 Å². The number of carboxylic acid groups (broad SMARTS) is 1. The van der Waals surface area contributed by atoms with E-state index in [0.29, 0.717) is 5.56 Å². The van der Waals surface area contributed by atoms with Crippen LogP contribution in [0.25, 0.3) is 6.08 Å². The molecule has 0 aliphatic heterocycles. The Balaban J connectivity index is 2.22. The van der Waals surface area contributed by atoms with Crippen LogP contribution in [0.3, 0.4) is 0 Å². The number of unbranched alkanes of at least 4 members (excludes halogenated alkanes) is 9. The first-order valence-electron chi connectivity index (χ1n) is 9.17. The van der Waals surface area contributed by atoms with Crippen molar-refractivity contribution in [1.29, 1.82) is 0 Å². The van der Waals surface area contributed by atoms with Crippen LogP contribution in [0.2, 0.25) is 0 Å². The van der Waals surface area contributed by atoms with E-state index in [1.165, 1.54) is 57.8 Å². The Morgan fingerprint density at radius 2 is 1.57 bits per heavy atom. The van der Waals surface area contributed by atoms with Crippen molar-refractivity contribution in [2.24, 2.45) is 0 Å². The summed E-state index contributed by atoms with van der Waals surface area (Å²) in [5, 5.41) is 9.26. The molecule has 1 aromatic rings. The minimum atomic E-state index is -0.831. The molecule has 1 aromatic carbocycles. The third-order valence-corrected chi connectivity index (χ3v) is 4.40. The lowest BCUT2D eigenvalue weighted by Gasteiger charge is -2.08. The summed E-state index contributed by atoms with van der Waals surface area (Å²) < 4.78 is 0. The Kier molecular flexibility index (Phi) is 10.1. The Bertz CT molecular complexity index is 477. The zero-order valence-electron chi connectivity index (χ0n) is 14.7. The standard InChI is InChI=1S/C21H32O2/c1-3-5-6-7-8-9-10-11-12-13-14-19-17-18(4-2)15-16-20(19)21(22)23/h4,15-17H,2-3,5-14H2,1H3,(H,22,23). The van der Waals surface area contributed by atoms with Gasteiger partial charge in [0.1, 0.15) is 0 Å². The van der Waals surface area contributed by atoms with E-state index in [0.717, 1.165) is 24.0 Å². The summed E-state index contributed by atoms with van der Waals surface area (Å²) in [6.45, 7) is 6.01. The van der Waals surface area contributed by atoms with Crippen molar-refractivity contribution in [3.05, 3.63) is 41.5 Å². The van der Waals surface area contributed by atoms with Gasteiger partial charge in [-0.1, -0.05) is 89.5 Å². The van der Waals surface area contributed by atoms with Crippen molar-refractivity contribution in [3.63, 3.8) is 0 Å². The fourth-order valence-corrected chi connectivity index (χ4v) is 2.96. The molecular weight excluding hydrogens is 284 g/mol. The predicted molar refractivity (Wildman–Crippen MR) is 99.0 cm³/mol. The molecule has 2 heteroatoms. The van der Waals surface area contributed by atoms with Gasteiger partial charge >= 0.3 is 5.97 Å². The maximum atomic E-state index is 11.3. The van der Waals surface area contributed by atoms with Crippen LogP contribution in [-0.2, 0) is 6.42 Å². The third-order valence-electron chi connectivity index (χ3n) is 4.40. The number of aromatic carboxylic acids is 1. The SMILES string of the molecule is C=Cc1ccc(C(=O)O)c(CCCCCCCCCCCC)c1. The lowest BCUT2D eigenvalue weighted by atomic mass is 9.98. The molecule has 0 fully saturated rings. The summed E-state index contributed by atoms with van der Waals surface area (Å²) in [5.74, 6) is -0.831. The van der Waals surface area contributed by atoms with E-state index in [1.807, 2.05) is 12.1 Å². The highest BCUT2D eigenvalue weighted by atomic mass is 16.4. The highest BCUT2D eigenvalue weighted by Crippen LogP contribution is 2.17. The van der Waals surface area contributed by atoms with Crippen molar-refractivity contribution >= 4 is 12.0 Å². The first-order chi connectivity index (χ1) is 11.2. The van der Waals surface area contributed by atoms with E-state index < -0.39 is 5.97 Å². The number of hydrogen-bond donors (Lipinski definition) is 1. The molecule has 0 heterocycles. The van der Waals surface area contributed by atoms with Crippen LogP contribution in [-0.4, -0.2) is 11.1 Å². The summed E-state index contributed by atoms with van der Waals surface area (Å²) in [5.41, 5.74) is 2.37.